The predicted octanol–water partition coefficient (Wildman–Crippen LogP) is 3.50. The average molecular weight is 177 g/mol. The smallest absolute Gasteiger partial charge is 0.0403 e. The molecule has 1 aromatic heterocycles. The summed E-state index contributed by atoms with van der Waals surface area (Å²) in [6, 6.07) is 4.41. The Bertz CT molecular complexity index is 283. The molecule has 0 radical (unpaired) electrons. The molecule has 1 unspecified atom stereocenters. The third kappa shape index (κ3) is 2.03. The van der Waals surface area contributed by atoms with Crippen molar-refractivity contribution in [2.45, 2.75) is 39.7 Å². The molecule has 1 rings (SSSR count). The molecule has 1 aromatic rings. The molecule has 0 aromatic carbocycles. The third-order valence-electron chi connectivity index (χ3n) is 2.66. The summed E-state index contributed by atoms with van der Waals surface area (Å²) in [4.78, 5) is 0. The summed E-state index contributed by atoms with van der Waals surface area (Å²) < 4.78 is 2.33. The van der Waals surface area contributed by atoms with Crippen LogP contribution in [0.2, 0.25) is 0 Å². The van der Waals surface area contributed by atoms with Crippen molar-refractivity contribution in [3.63, 3.8) is 0 Å². The van der Waals surface area contributed by atoms with Crippen LogP contribution in [-0.2, 0) is 6.54 Å². The van der Waals surface area contributed by atoms with Crippen LogP contribution in [0.5, 0.6) is 0 Å². The molecule has 0 saturated heterocycles. The summed E-state index contributed by atoms with van der Waals surface area (Å²) in [6.07, 6.45) is 3.15. The van der Waals surface area contributed by atoms with E-state index in [4.69, 9.17) is 0 Å². The van der Waals surface area contributed by atoms with Crippen LogP contribution in [-0.4, -0.2) is 4.57 Å². The molecule has 1 nitrogen and oxygen atoms in total. The molecule has 0 aliphatic heterocycles. The van der Waals surface area contributed by atoms with Crippen molar-refractivity contribution in [1.82, 2.24) is 4.57 Å². The summed E-state index contributed by atoms with van der Waals surface area (Å²) in [5.74, 6) is 0.647. The number of nitrogens with zero attached hydrogens (tertiary/aromatic N) is 1. The van der Waals surface area contributed by atoms with Crippen LogP contribution < -0.4 is 0 Å². The minimum atomic E-state index is 0.647. The number of rotatable bonds is 4. The van der Waals surface area contributed by atoms with Gasteiger partial charge in [0.05, 0.1) is 0 Å². The summed E-state index contributed by atoms with van der Waals surface area (Å²) >= 11 is 0. The average Bonchev–Trinajstić information content (AvgIpc) is 2.48. The van der Waals surface area contributed by atoms with E-state index in [0.29, 0.717) is 5.92 Å². The minimum Gasteiger partial charge on any atom is -0.345 e. The molecule has 13 heavy (non-hydrogen) atoms. The topological polar surface area (TPSA) is 4.93 Å². The van der Waals surface area contributed by atoms with Crippen molar-refractivity contribution < 1.29 is 0 Å². The van der Waals surface area contributed by atoms with Crippen LogP contribution in [0.15, 0.2) is 24.8 Å². The van der Waals surface area contributed by atoms with Gasteiger partial charge in [0, 0.05) is 17.9 Å². The maximum atomic E-state index is 3.78. The monoisotopic (exact) mass is 177 g/mol. The molecule has 0 aliphatic carbocycles. The van der Waals surface area contributed by atoms with E-state index < -0.39 is 0 Å². The van der Waals surface area contributed by atoms with E-state index in [0.717, 1.165) is 6.54 Å². The second-order valence-corrected chi connectivity index (χ2v) is 3.61. The van der Waals surface area contributed by atoms with E-state index >= 15 is 0 Å². The van der Waals surface area contributed by atoms with Crippen LogP contribution in [0.25, 0.3) is 0 Å². The van der Waals surface area contributed by atoms with E-state index in [-0.39, 0.29) is 0 Å². The second-order valence-electron chi connectivity index (χ2n) is 3.61. The molecule has 0 saturated carbocycles. The lowest BCUT2D eigenvalue weighted by molar-refractivity contribution is 0.637. The lowest BCUT2D eigenvalue weighted by Crippen LogP contribution is -2.05. The Kier molecular flexibility index (Phi) is 3.35. The molecule has 1 heterocycles. The van der Waals surface area contributed by atoms with Crippen molar-refractivity contribution in [3.8, 4) is 0 Å². The zero-order chi connectivity index (χ0) is 9.84. The van der Waals surface area contributed by atoms with E-state index in [9.17, 15) is 0 Å². The summed E-state index contributed by atoms with van der Waals surface area (Å²) in [5, 5.41) is 0. The van der Waals surface area contributed by atoms with Gasteiger partial charge in [0.2, 0.25) is 0 Å². The van der Waals surface area contributed by atoms with E-state index in [1.807, 2.05) is 6.08 Å². The highest BCUT2D eigenvalue weighted by atomic mass is 15.0. The molecular weight excluding hydrogens is 158 g/mol. The number of allylic oxidation sites excluding steroid dienone is 1. The van der Waals surface area contributed by atoms with Crippen LogP contribution in [0.4, 0.5) is 0 Å². The van der Waals surface area contributed by atoms with Crippen molar-refractivity contribution in [2.24, 2.45) is 0 Å². The maximum Gasteiger partial charge on any atom is 0.0403 e. The standard InChI is InChI=1S/C12H19N/c1-5-9-13-11(4)7-8-12(13)10(3)6-2/h5,7-8,10H,1,6,9H2,2-4H3. The van der Waals surface area contributed by atoms with E-state index in [1.54, 1.807) is 0 Å². The fourth-order valence-corrected chi connectivity index (χ4v) is 1.61. The molecule has 0 fully saturated rings. The summed E-state index contributed by atoms with van der Waals surface area (Å²) in [5.41, 5.74) is 2.76. The van der Waals surface area contributed by atoms with Gasteiger partial charge in [-0.2, -0.15) is 0 Å². The van der Waals surface area contributed by atoms with Crippen LogP contribution >= 0.6 is 0 Å². The van der Waals surface area contributed by atoms with Crippen LogP contribution in [0, 0.1) is 6.92 Å². The molecule has 1 atom stereocenters. The van der Waals surface area contributed by atoms with Crippen molar-refractivity contribution >= 4 is 0 Å². The van der Waals surface area contributed by atoms with Gasteiger partial charge in [-0.3, -0.25) is 0 Å². The SMILES string of the molecule is C=CCn1c(C)ccc1C(C)CC. The number of aryl methyl sites for hydroxylation is 1. The van der Waals surface area contributed by atoms with E-state index in [1.165, 1.54) is 17.8 Å². The number of hydrogen-bond donors (Lipinski definition) is 0. The Morgan fingerprint density at radius 1 is 1.54 bits per heavy atom. The highest BCUT2D eigenvalue weighted by molar-refractivity contribution is 5.19. The van der Waals surface area contributed by atoms with Crippen LogP contribution in [0.1, 0.15) is 37.6 Å². The Balaban J connectivity index is 2.99. The quantitative estimate of drug-likeness (QED) is 0.620. The first-order chi connectivity index (χ1) is 6.20. The van der Waals surface area contributed by atoms with Gasteiger partial charge in [0.25, 0.3) is 0 Å². The van der Waals surface area contributed by atoms with Gasteiger partial charge in [-0.15, -0.1) is 6.58 Å². The molecule has 0 N–H and O–H groups in total. The molecule has 0 bridgehead atoms. The Morgan fingerprint density at radius 3 is 2.77 bits per heavy atom. The zero-order valence-corrected chi connectivity index (χ0v) is 8.88. The largest absolute Gasteiger partial charge is 0.345 e. The zero-order valence-electron chi connectivity index (χ0n) is 8.88. The number of hydrogen-bond acceptors (Lipinski definition) is 0. The van der Waals surface area contributed by atoms with Gasteiger partial charge in [-0.1, -0.05) is 19.9 Å². The molecule has 72 valence electrons. The van der Waals surface area contributed by atoms with Crippen molar-refractivity contribution in [1.29, 1.82) is 0 Å². The molecule has 0 spiro atoms. The highest BCUT2D eigenvalue weighted by Gasteiger charge is 2.09. The third-order valence-corrected chi connectivity index (χ3v) is 2.66. The first kappa shape index (κ1) is 10.1. The van der Waals surface area contributed by atoms with Gasteiger partial charge in [-0.05, 0) is 31.4 Å². The maximum absolute atomic E-state index is 3.78. The lowest BCUT2D eigenvalue weighted by Gasteiger charge is -2.13. The highest BCUT2D eigenvalue weighted by Crippen LogP contribution is 2.21. The second kappa shape index (κ2) is 4.31. The summed E-state index contributed by atoms with van der Waals surface area (Å²) in [6.45, 7) is 11.4. The fraction of sp³-hybridized carbons (Fsp3) is 0.500. The number of aromatic nitrogens is 1. The van der Waals surface area contributed by atoms with Crippen LogP contribution in [0.3, 0.4) is 0 Å². The predicted molar refractivity (Wildman–Crippen MR) is 58.1 cm³/mol. The van der Waals surface area contributed by atoms with Crippen molar-refractivity contribution in [3.05, 3.63) is 36.2 Å². The Morgan fingerprint density at radius 2 is 2.23 bits per heavy atom. The first-order valence-electron chi connectivity index (χ1n) is 4.97. The molecule has 0 amide bonds. The fourth-order valence-electron chi connectivity index (χ4n) is 1.61. The van der Waals surface area contributed by atoms with Gasteiger partial charge in [-0.25, -0.2) is 0 Å². The van der Waals surface area contributed by atoms with E-state index in [2.05, 4.69) is 44.0 Å². The molecule has 1 heteroatoms. The van der Waals surface area contributed by atoms with Gasteiger partial charge < -0.3 is 4.57 Å². The Hall–Kier alpha value is -0.980. The summed E-state index contributed by atoms with van der Waals surface area (Å²) in [7, 11) is 0. The molecule has 0 aliphatic rings. The minimum absolute atomic E-state index is 0.647. The van der Waals surface area contributed by atoms with Gasteiger partial charge in [0.1, 0.15) is 0 Å². The van der Waals surface area contributed by atoms with Gasteiger partial charge >= 0.3 is 0 Å². The lowest BCUT2D eigenvalue weighted by atomic mass is 10.1. The van der Waals surface area contributed by atoms with Crippen molar-refractivity contribution in [2.75, 3.05) is 0 Å². The molecular formula is C12H19N. The Labute approximate surface area is 81.1 Å². The normalized spacial score (nSPS) is 12.8. The van der Waals surface area contributed by atoms with Gasteiger partial charge in [0.15, 0.2) is 0 Å². The first-order valence-corrected chi connectivity index (χ1v) is 4.97.